The van der Waals surface area contributed by atoms with Gasteiger partial charge in [0.25, 0.3) is 0 Å². The number of alkyl halides is 3. The summed E-state index contributed by atoms with van der Waals surface area (Å²) in [6, 6.07) is 22.0. The summed E-state index contributed by atoms with van der Waals surface area (Å²) in [6.45, 7) is 0. The van der Waals surface area contributed by atoms with E-state index >= 15 is 0 Å². The van der Waals surface area contributed by atoms with Gasteiger partial charge >= 0.3 is 6.18 Å². The summed E-state index contributed by atoms with van der Waals surface area (Å²) in [5.41, 5.74) is -0.335. The molecule has 8 heteroatoms. The summed E-state index contributed by atoms with van der Waals surface area (Å²) in [5, 5.41) is 1.98. The van der Waals surface area contributed by atoms with E-state index in [-0.39, 0.29) is 0 Å². The van der Waals surface area contributed by atoms with E-state index in [1.54, 1.807) is 43.4 Å². The molecule has 0 amide bonds. The lowest BCUT2D eigenvalue weighted by atomic mass is 10.2. The molecule has 0 radical (unpaired) electrons. The van der Waals surface area contributed by atoms with Crippen LogP contribution in [-0.4, -0.2) is 7.05 Å². The summed E-state index contributed by atoms with van der Waals surface area (Å²) in [4.78, 5) is 0. The molecule has 0 saturated heterocycles. The number of rotatable bonds is 5. The maximum Gasteiger partial charge on any atom is 0.416 e. The van der Waals surface area contributed by atoms with Crippen LogP contribution in [0.4, 0.5) is 32.0 Å². The van der Waals surface area contributed by atoms with Crippen LogP contribution in [0.25, 0.3) is 0 Å². The van der Waals surface area contributed by atoms with Gasteiger partial charge in [0.15, 0.2) is 0 Å². The zero-order chi connectivity index (χ0) is 24.5. The van der Waals surface area contributed by atoms with Crippen molar-refractivity contribution in [2.75, 3.05) is 11.7 Å². The Morgan fingerprint density at radius 1 is 0.529 bits per heavy atom. The van der Waals surface area contributed by atoms with Gasteiger partial charge < -0.3 is 0 Å². The van der Waals surface area contributed by atoms with Gasteiger partial charge in [-0.25, -0.2) is 17.8 Å². The van der Waals surface area contributed by atoms with Crippen molar-refractivity contribution in [2.45, 2.75) is 6.18 Å². The third kappa shape index (κ3) is 4.40. The van der Waals surface area contributed by atoms with Gasteiger partial charge in [0, 0.05) is 7.05 Å². The molecule has 0 atom stereocenters. The van der Waals surface area contributed by atoms with Crippen LogP contribution in [-0.2, 0) is 6.18 Å². The van der Waals surface area contributed by atoms with Gasteiger partial charge in [-0.3, -0.25) is 0 Å². The molecule has 4 rings (SSSR count). The predicted molar refractivity (Wildman–Crippen MR) is 125 cm³/mol. The number of nitrogens with zero attached hydrogens (tertiary/aromatic N) is 1. The van der Waals surface area contributed by atoms with Crippen LogP contribution < -0.4 is 20.6 Å². The number of hydrogen-bond acceptors (Lipinski definition) is 1. The van der Waals surface area contributed by atoms with Gasteiger partial charge in [0.1, 0.15) is 33.4 Å². The zero-order valence-electron chi connectivity index (χ0n) is 17.9. The highest BCUT2D eigenvalue weighted by Gasteiger charge is 2.50. The van der Waals surface area contributed by atoms with Crippen molar-refractivity contribution in [1.29, 1.82) is 0 Å². The first-order valence-corrected chi connectivity index (χ1v) is 12.0. The van der Waals surface area contributed by atoms with E-state index in [9.17, 15) is 26.3 Å². The molecule has 34 heavy (non-hydrogen) atoms. The molecule has 1 nitrogen and oxygen atoms in total. The lowest BCUT2D eigenvalue weighted by molar-refractivity contribution is -0.137. The maximum atomic E-state index is 13.9. The Bertz CT molecular complexity index is 1140. The van der Waals surface area contributed by atoms with Crippen molar-refractivity contribution in [3.8, 4) is 0 Å². The second-order valence-electron chi connectivity index (χ2n) is 7.63. The first-order valence-electron chi connectivity index (χ1n) is 10.2. The number of anilines is 1. The average molecular weight is 490 g/mol. The molecule has 4 aromatic carbocycles. The first kappa shape index (κ1) is 23.8. The van der Waals surface area contributed by atoms with Crippen molar-refractivity contribution in [3.63, 3.8) is 0 Å². The predicted octanol–water partition coefficient (Wildman–Crippen LogP) is 6.47. The summed E-state index contributed by atoms with van der Waals surface area (Å²) in [6.07, 6.45) is -4.49. The summed E-state index contributed by atoms with van der Waals surface area (Å²) in [5.74, 6) is -1.38. The van der Waals surface area contributed by atoms with Crippen molar-refractivity contribution < 1.29 is 26.3 Å². The van der Waals surface area contributed by atoms with E-state index in [0.29, 0.717) is 21.6 Å². The van der Waals surface area contributed by atoms with Crippen molar-refractivity contribution in [1.82, 2.24) is 0 Å². The van der Waals surface area contributed by atoms with E-state index in [4.69, 9.17) is 0 Å². The van der Waals surface area contributed by atoms with Crippen molar-refractivity contribution in [2.24, 2.45) is 0 Å². The number of hydrogen-bond donors (Lipinski definition) is 0. The molecule has 0 N–H and O–H groups in total. The normalized spacial score (nSPS) is 12.0. The summed E-state index contributed by atoms with van der Waals surface area (Å²) < 4.78 is 82.8. The molecule has 0 aliphatic heterocycles. The highest BCUT2D eigenvalue weighted by molar-refractivity contribution is 7.96. The van der Waals surface area contributed by atoms with Crippen LogP contribution in [0, 0.1) is 17.5 Å². The second-order valence-corrected chi connectivity index (χ2v) is 11.1. The van der Waals surface area contributed by atoms with Crippen molar-refractivity contribution >= 4 is 29.0 Å². The molecule has 0 fully saturated rings. The Hall–Kier alpha value is -3.31. The van der Waals surface area contributed by atoms with E-state index < -0.39 is 36.6 Å². The number of benzene rings is 4. The number of halogens is 6. The van der Waals surface area contributed by atoms with Gasteiger partial charge in [-0.1, -0.05) is 0 Å². The highest BCUT2D eigenvalue weighted by Crippen LogP contribution is 2.59. The molecule has 0 bridgehead atoms. The topological polar surface area (TPSA) is 3.24 Å². The largest absolute Gasteiger partial charge is 0.416 e. The standard InChI is InChI=1S/C26H19F6NP/c1-33(22-10-2-18(3-11-22)26(30,31)32)34(23-12-4-19(27)5-13-23,24-14-6-20(28)7-15-24)25-16-8-21(29)9-17-25/h2-17H,1H3/q+1. The maximum absolute atomic E-state index is 13.9. The van der Waals surface area contributed by atoms with Crippen LogP contribution in [0.5, 0.6) is 0 Å². The molecule has 174 valence electrons. The molecule has 0 spiro atoms. The molecular formula is C26H19F6NP+. The van der Waals surface area contributed by atoms with E-state index in [0.717, 1.165) is 12.1 Å². The second kappa shape index (κ2) is 9.15. The fourth-order valence-electron chi connectivity index (χ4n) is 3.98. The van der Waals surface area contributed by atoms with Crippen molar-refractivity contribution in [3.05, 3.63) is 120 Å². The SMILES string of the molecule is CN(c1ccc(C(F)(F)F)cc1)[P+](c1ccc(F)cc1)(c1ccc(F)cc1)c1ccc(F)cc1. The molecule has 0 heterocycles. The minimum absolute atomic E-state index is 0.458. The highest BCUT2D eigenvalue weighted by atomic mass is 31.2. The van der Waals surface area contributed by atoms with E-state index in [2.05, 4.69) is 0 Å². The molecule has 4 aromatic rings. The van der Waals surface area contributed by atoms with Gasteiger partial charge in [0.05, 0.1) is 11.3 Å². The van der Waals surface area contributed by atoms with Crippen LogP contribution >= 0.6 is 7.41 Å². The lowest BCUT2D eigenvalue weighted by Crippen LogP contribution is -2.42. The Labute approximate surface area is 193 Å². The minimum Gasteiger partial charge on any atom is -0.237 e. The van der Waals surface area contributed by atoms with Gasteiger partial charge in [-0.15, -0.1) is 0 Å². The van der Waals surface area contributed by atoms with Gasteiger partial charge in [-0.2, -0.15) is 13.2 Å². The monoisotopic (exact) mass is 490 g/mol. The van der Waals surface area contributed by atoms with Crippen LogP contribution in [0.15, 0.2) is 97.1 Å². The Morgan fingerprint density at radius 3 is 1.15 bits per heavy atom. The van der Waals surface area contributed by atoms with Gasteiger partial charge in [0.2, 0.25) is 7.41 Å². The Morgan fingerprint density at radius 2 is 0.853 bits per heavy atom. The molecule has 0 aliphatic carbocycles. The fourth-order valence-corrected chi connectivity index (χ4v) is 8.13. The average Bonchev–Trinajstić information content (AvgIpc) is 2.82. The van der Waals surface area contributed by atoms with E-state index in [1.165, 1.54) is 48.5 Å². The summed E-state index contributed by atoms with van der Waals surface area (Å²) in [7, 11) is -1.21. The Balaban J connectivity index is 2.01. The smallest absolute Gasteiger partial charge is 0.237 e. The van der Waals surface area contributed by atoms with E-state index in [1.807, 2.05) is 4.67 Å². The third-order valence-electron chi connectivity index (χ3n) is 5.62. The van der Waals surface area contributed by atoms with Crippen LogP contribution in [0.1, 0.15) is 5.56 Å². The quantitative estimate of drug-likeness (QED) is 0.229. The van der Waals surface area contributed by atoms with Crippen LogP contribution in [0.3, 0.4) is 0 Å². The summed E-state index contributed by atoms with van der Waals surface area (Å²) >= 11 is 0. The third-order valence-corrected chi connectivity index (χ3v) is 9.89. The first-order chi connectivity index (χ1) is 16.1. The molecule has 0 unspecified atom stereocenters. The molecular weight excluding hydrogens is 471 g/mol. The molecule has 0 saturated carbocycles. The minimum atomic E-state index is -4.49. The Kier molecular flexibility index (Phi) is 6.41. The zero-order valence-corrected chi connectivity index (χ0v) is 18.8. The molecule has 0 aliphatic rings. The van der Waals surface area contributed by atoms with Crippen LogP contribution in [0.2, 0.25) is 0 Å². The fraction of sp³-hybridized carbons (Fsp3) is 0.0769. The lowest BCUT2D eigenvalue weighted by Gasteiger charge is -2.36. The van der Waals surface area contributed by atoms with Gasteiger partial charge in [-0.05, 0) is 97.1 Å². The molecule has 0 aromatic heterocycles.